The van der Waals surface area contributed by atoms with Crippen LogP contribution >= 0.6 is 23.2 Å². The minimum Gasteiger partial charge on any atom is -0.375 e. The maximum absolute atomic E-state index is 13.9. The van der Waals surface area contributed by atoms with E-state index >= 15 is 0 Å². The highest BCUT2D eigenvalue weighted by molar-refractivity contribution is 6.42. The number of amides is 2. The van der Waals surface area contributed by atoms with Gasteiger partial charge in [-0.15, -0.1) is 0 Å². The fraction of sp³-hybridized carbons (Fsp3) is 0.375. The molecule has 6 nitrogen and oxygen atoms in total. The van der Waals surface area contributed by atoms with E-state index in [-0.39, 0.29) is 29.8 Å². The van der Waals surface area contributed by atoms with Crippen molar-refractivity contribution in [2.75, 3.05) is 38.1 Å². The van der Waals surface area contributed by atoms with Crippen molar-refractivity contribution >= 4 is 40.7 Å². The van der Waals surface area contributed by atoms with E-state index in [0.29, 0.717) is 41.7 Å². The van der Waals surface area contributed by atoms with Crippen LogP contribution in [-0.4, -0.2) is 62.0 Å². The number of hydrogen-bond acceptors (Lipinski definition) is 4. The Bertz CT molecular complexity index is 1260. The molecule has 0 bridgehead atoms. The fourth-order valence-corrected chi connectivity index (χ4v) is 5.48. The van der Waals surface area contributed by atoms with E-state index in [0.717, 1.165) is 25.1 Å². The van der Waals surface area contributed by atoms with Crippen LogP contribution in [0.5, 0.6) is 0 Å². The van der Waals surface area contributed by atoms with E-state index < -0.39 is 0 Å². The summed E-state index contributed by atoms with van der Waals surface area (Å²) in [6.07, 6.45) is 2.34. The van der Waals surface area contributed by atoms with Gasteiger partial charge in [-0.3, -0.25) is 9.59 Å². The summed E-state index contributed by atoms with van der Waals surface area (Å²) in [5.41, 5.74) is 2.82. The molecule has 0 aromatic heterocycles. The van der Waals surface area contributed by atoms with Gasteiger partial charge in [-0.2, -0.15) is 0 Å². The smallest absolute Gasteiger partial charge is 0.251 e. The number of anilines is 1. The van der Waals surface area contributed by atoms with Gasteiger partial charge in [-0.1, -0.05) is 78.7 Å². The minimum atomic E-state index is -0.353. The maximum atomic E-state index is 13.9. The molecule has 1 fully saturated rings. The SMILES string of the molecule is CC[C@H](CN1CC[C@@H](CNC(=O)c2ccc(Cl)c(Cl)c2)N[C@@H](CCN(C)c2ccccc2)C1=O)c1ccccc1. The molecule has 1 heterocycles. The van der Waals surface area contributed by atoms with Crippen LogP contribution in [0.1, 0.15) is 48.0 Å². The summed E-state index contributed by atoms with van der Waals surface area (Å²) in [6, 6.07) is 25.0. The Hall–Kier alpha value is -3.06. The molecule has 2 amide bonds. The highest BCUT2D eigenvalue weighted by Crippen LogP contribution is 2.24. The molecule has 212 valence electrons. The molecule has 1 saturated heterocycles. The number of hydrogen-bond donors (Lipinski definition) is 2. The van der Waals surface area contributed by atoms with Crippen LogP contribution in [-0.2, 0) is 4.79 Å². The third kappa shape index (κ3) is 8.00. The van der Waals surface area contributed by atoms with Crippen LogP contribution in [0.2, 0.25) is 10.0 Å². The van der Waals surface area contributed by atoms with Gasteiger partial charge in [0.05, 0.1) is 16.1 Å². The second kappa shape index (κ2) is 14.5. The van der Waals surface area contributed by atoms with Crippen LogP contribution < -0.4 is 15.5 Å². The van der Waals surface area contributed by atoms with Gasteiger partial charge in [0.2, 0.25) is 5.91 Å². The van der Waals surface area contributed by atoms with Crippen molar-refractivity contribution in [1.82, 2.24) is 15.5 Å². The van der Waals surface area contributed by atoms with Gasteiger partial charge in [-0.05, 0) is 55.2 Å². The standard InChI is InChI=1S/C32H38Cl2N4O2/c1-3-23(24-10-6-4-7-11-24)22-38-19-16-26(21-35-31(39)25-14-15-28(33)29(34)20-25)36-30(32(38)40)17-18-37(2)27-12-8-5-9-13-27/h4-15,20,23,26,30,36H,3,16-19,21-22H2,1-2H3,(H,35,39)/t23-,26+,30+/m1/s1. The monoisotopic (exact) mass is 580 g/mol. The Morgan fingerprint density at radius 3 is 2.42 bits per heavy atom. The van der Waals surface area contributed by atoms with Crippen LogP contribution in [0.25, 0.3) is 0 Å². The molecule has 4 rings (SSSR count). The van der Waals surface area contributed by atoms with Crippen molar-refractivity contribution in [3.05, 3.63) is 100 Å². The lowest BCUT2D eigenvalue weighted by molar-refractivity contribution is -0.133. The van der Waals surface area contributed by atoms with E-state index in [1.165, 1.54) is 5.56 Å². The molecule has 1 aliphatic heterocycles. The average molecular weight is 582 g/mol. The topological polar surface area (TPSA) is 64.7 Å². The number of para-hydroxylation sites is 1. The van der Waals surface area contributed by atoms with E-state index in [4.69, 9.17) is 23.2 Å². The van der Waals surface area contributed by atoms with Crippen LogP contribution in [0.3, 0.4) is 0 Å². The van der Waals surface area contributed by atoms with Crippen molar-refractivity contribution in [3.8, 4) is 0 Å². The number of carbonyl (C=O) groups excluding carboxylic acids is 2. The quantitative estimate of drug-likeness (QED) is 0.292. The summed E-state index contributed by atoms with van der Waals surface area (Å²) in [7, 11) is 2.05. The summed E-state index contributed by atoms with van der Waals surface area (Å²) in [5, 5.41) is 7.35. The first kappa shape index (κ1) is 29.9. The van der Waals surface area contributed by atoms with Crippen molar-refractivity contribution in [1.29, 1.82) is 0 Å². The number of rotatable bonds is 11. The van der Waals surface area contributed by atoms with Crippen molar-refractivity contribution in [3.63, 3.8) is 0 Å². The molecule has 0 aliphatic carbocycles. The Balaban J connectivity index is 1.46. The van der Waals surface area contributed by atoms with E-state index in [9.17, 15) is 9.59 Å². The van der Waals surface area contributed by atoms with Crippen molar-refractivity contribution in [2.45, 2.75) is 44.2 Å². The van der Waals surface area contributed by atoms with Crippen LogP contribution in [0.15, 0.2) is 78.9 Å². The lowest BCUT2D eigenvalue weighted by Crippen LogP contribution is -2.50. The molecule has 8 heteroatoms. The van der Waals surface area contributed by atoms with Gasteiger partial charge in [0, 0.05) is 56.4 Å². The Labute approximate surface area is 247 Å². The molecule has 0 radical (unpaired) electrons. The fourth-order valence-electron chi connectivity index (χ4n) is 5.18. The predicted molar refractivity (Wildman–Crippen MR) is 165 cm³/mol. The molecule has 0 spiro atoms. The molecule has 3 aromatic rings. The first-order valence-electron chi connectivity index (χ1n) is 13.9. The van der Waals surface area contributed by atoms with Gasteiger partial charge < -0.3 is 20.4 Å². The lowest BCUT2D eigenvalue weighted by atomic mass is 9.95. The number of halogens is 2. The molecule has 40 heavy (non-hydrogen) atoms. The first-order valence-corrected chi connectivity index (χ1v) is 14.7. The van der Waals surface area contributed by atoms with Gasteiger partial charge in [0.25, 0.3) is 5.91 Å². The first-order chi connectivity index (χ1) is 19.4. The van der Waals surface area contributed by atoms with Gasteiger partial charge in [-0.25, -0.2) is 0 Å². The summed E-state index contributed by atoms with van der Waals surface area (Å²) >= 11 is 12.1. The molecular formula is C32H38Cl2N4O2. The molecule has 0 unspecified atom stereocenters. The largest absolute Gasteiger partial charge is 0.375 e. The van der Waals surface area contributed by atoms with Crippen molar-refractivity contribution < 1.29 is 9.59 Å². The molecule has 3 aromatic carbocycles. The molecule has 0 saturated carbocycles. The third-order valence-electron chi connectivity index (χ3n) is 7.64. The van der Waals surface area contributed by atoms with Crippen LogP contribution in [0, 0.1) is 0 Å². The summed E-state index contributed by atoms with van der Waals surface area (Å²) in [4.78, 5) is 30.9. The molecular weight excluding hydrogens is 543 g/mol. The zero-order chi connectivity index (χ0) is 28.5. The van der Waals surface area contributed by atoms with Gasteiger partial charge in [0.1, 0.15) is 0 Å². The Kier molecular flexibility index (Phi) is 10.9. The summed E-state index contributed by atoms with van der Waals surface area (Å²) < 4.78 is 0. The predicted octanol–water partition coefficient (Wildman–Crippen LogP) is 6.00. The van der Waals surface area contributed by atoms with Crippen molar-refractivity contribution in [2.24, 2.45) is 0 Å². The van der Waals surface area contributed by atoms with E-state index in [1.807, 2.05) is 36.2 Å². The number of benzene rings is 3. The Morgan fingerprint density at radius 2 is 1.75 bits per heavy atom. The highest BCUT2D eigenvalue weighted by atomic mass is 35.5. The maximum Gasteiger partial charge on any atom is 0.251 e. The zero-order valence-corrected chi connectivity index (χ0v) is 24.7. The molecule has 3 atom stereocenters. The third-order valence-corrected chi connectivity index (χ3v) is 8.38. The van der Waals surface area contributed by atoms with Crippen LogP contribution in [0.4, 0.5) is 5.69 Å². The highest BCUT2D eigenvalue weighted by Gasteiger charge is 2.32. The van der Waals surface area contributed by atoms with E-state index in [2.05, 4.69) is 58.9 Å². The second-order valence-corrected chi connectivity index (χ2v) is 11.2. The Morgan fingerprint density at radius 1 is 1.05 bits per heavy atom. The molecule has 1 aliphatic rings. The number of carbonyl (C=O) groups is 2. The zero-order valence-electron chi connectivity index (χ0n) is 23.2. The molecule has 2 N–H and O–H groups in total. The normalized spacial score (nSPS) is 18.2. The van der Waals surface area contributed by atoms with E-state index in [1.54, 1.807) is 18.2 Å². The summed E-state index contributed by atoms with van der Waals surface area (Å²) in [5.74, 6) is 0.168. The number of nitrogens with zero attached hydrogens (tertiary/aromatic N) is 2. The van der Waals surface area contributed by atoms with Gasteiger partial charge in [0.15, 0.2) is 0 Å². The average Bonchev–Trinajstić information content (AvgIpc) is 3.13. The minimum absolute atomic E-state index is 0.0514. The van der Waals surface area contributed by atoms with Gasteiger partial charge >= 0.3 is 0 Å². The lowest BCUT2D eigenvalue weighted by Gasteiger charge is -2.29. The second-order valence-electron chi connectivity index (χ2n) is 10.4. The summed E-state index contributed by atoms with van der Waals surface area (Å²) in [6.45, 7) is 4.61. The number of nitrogens with one attached hydrogen (secondary N) is 2.